The van der Waals surface area contributed by atoms with Gasteiger partial charge in [0.15, 0.2) is 0 Å². The quantitative estimate of drug-likeness (QED) is 0.561. The number of ether oxygens (including phenoxy) is 1. The van der Waals surface area contributed by atoms with Crippen molar-refractivity contribution in [2.24, 2.45) is 0 Å². The zero-order valence-electron chi connectivity index (χ0n) is 15.8. The molecule has 0 aromatic heterocycles. The molecule has 1 fully saturated rings. The average Bonchev–Trinajstić information content (AvgIpc) is 2.63. The van der Waals surface area contributed by atoms with E-state index in [4.69, 9.17) is 0 Å². The highest BCUT2D eigenvalue weighted by Crippen LogP contribution is 2.40. The smallest absolute Gasteiger partial charge is 0.406 e. The van der Waals surface area contributed by atoms with Gasteiger partial charge in [-0.1, -0.05) is 18.2 Å². The molecule has 0 saturated carbocycles. The summed E-state index contributed by atoms with van der Waals surface area (Å²) in [5.74, 6) is -1.50. The van der Waals surface area contributed by atoms with E-state index in [0.717, 1.165) is 24.3 Å². The van der Waals surface area contributed by atoms with Crippen LogP contribution in [0.25, 0.3) is 0 Å². The van der Waals surface area contributed by atoms with Gasteiger partial charge < -0.3 is 10.1 Å². The first-order valence-electron chi connectivity index (χ1n) is 8.72. The van der Waals surface area contributed by atoms with E-state index in [2.05, 4.69) is 10.1 Å². The summed E-state index contributed by atoms with van der Waals surface area (Å²) >= 11 is 0. The van der Waals surface area contributed by atoms with Crippen molar-refractivity contribution in [2.45, 2.75) is 18.6 Å². The van der Waals surface area contributed by atoms with Crippen molar-refractivity contribution in [3.05, 3.63) is 65.0 Å². The lowest BCUT2D eigenvalue weighted by Gasteiger charge is -2.36. The summed E-state index contributed by atoms with van der Waals surface area (Å²) in [4.78, 5) is 1.78. The Kier molecular flexibility index (Phi) is 9.43. The molecular weight excluding hydrogens is 476 g/mol. The molecule has 12 heteroatoms. The molecule has 1 atom stereocenters. The van der Waals surface area contributed by atoms with Gasteiger partial charge in [0.1, 0.15) is 11.6 Å². The number of benzene rings is 2. The van der Waals surface area contributed by atoms with Gasteiger partial charge in [0.25, 0.3) is 0 Å². The van der Waals surface area contributed by atoms with Gasteiger partial charge in [0.2, 0.25) is 0 Å². The van der Waals surface area contributed by atoms with Gasteiger partial charge in [-0.05, 0) is 35.4 Å². The zero-order chi connectivity index (χ0) is 21.2. The van der Waals surface area contributed by atoms with Crippen LogP contribution in [0.3, 0.4) is 0 Å². The van der Waals surface area contributed by atoms with Crippen LogP contribution in [0.2, 0.25) is 0 Å². The molecule has 0 amide bonds. The fourth-order valence-corrected chi connectivity index (χ4v) is 3.39. The van der Waals surface area contributed by atoms with Crippen molar-refractivity contribution in [2.75, 3.05) is 26.2 Å². The fourth-order valence-electron chi connectivity index (χ4n) is 3.39. The predicted octanol–water partition coefficient (Wildman–Crippen LogP) is 5.58. The molecule has 0 aliphatic carbocycles. The first kappa shape index (κ1) is 27.3. The van der Waals surface area contributed by atoms with Crippen LogP contribution in [0.4, 0.5) is 30.7 Å². The van der Waals surface area contributed by atoms with Crippen LogP contribution in [-0.2, 0) is 6.18 Å². The highest BCUT2D eigenvalue weighted by molar-refractivity contribution is 5.85. The third kappa shape index (κ3) is 7.13. The molecule has 2 aromatic carbocycles. The molecule has 2 aromatic rings. The first-order chi connectivity index (χ1) is 13.5. The minimum Gasteiger partial charge on any atom is -0.406 e. The van der Waals surface area contributed by atoms with Gasteiger partial charge in [0, 0.05) is 26.2 Å². The minimum absolute atomic E-state index is 0. The Morgan fingerprint density at radius 2 is 1.45 bits per heavy atom. The number of nitrogens with one attached hydrogen (secondary N) is 1. The van der Waals surface area contributed by atoms with Crippen molar-refractivity contribution in [1.29, 1.82) is 0 Å². The maximum absolute atomic E-state index is 13.6. The molecule has 1 saturated heterocycles. The lowest BCUT2D eigenvalue weighted by atomic mass is 9.92. The lowest BCUT2D eigenvalue weighted by molar-refractivity contribution is -0.274. The Morgan fingerprint density at radius 3 is 1.97 bits per heavy atom. The molecular formula is C19H19Cl2F7N2O. The summed E-state index contributed by atoms with van der Waals surface area (Å²) < 4.78 is 95.3. The van der Waals surface area contributed by atoms with Crippen molar-refractivity contribution in [1.82, 2.24) is 10.2 Å². The SMILES string of the molecule is Cl.Cl.Fc1ccc([C@@H](c2ccc(OC(F)(F)F)cc2)N2CCNCC2)c(C(F)(F)F)c1. The van der Waals surface area contributed by atoms with Crippen LogP contribution < -0.4 is 10.1 Å². The van der Waals surface area contributed by atoms with Gasteiger partial charge in [-0.15, -0.1) is 38.0 Å². The van der Waals surface area contributed by atoms with Gasteiger partial charge in [-0.2, -0.15) is 13.2 Å². The first-order valence-corrected chi connectivity index (χ1v) is 8.72. The molecule has 1 heterocycles. The molecule has 0 spiro atoms. The van der Waals surface area contributed by atoms with E-state index in [-0.39, 0.29) is 30.4 Å². The van der Waals surface area contributed by atoms with Crippen LogP contribution in [0.15, 0.2) is 42.5 Å². The van der Waals surface area contributed by atoms with E-state index in [1.54, 1.807) is 4.90 Å². The summed E-state index contributed by atoms with van der Waals surface area (Å²) in [6, 6.07) is 6.23. The van der Waals surface area contributed by atoms with Gasteiger partial charge in [-0.25, -0.2) is 4.39 Å². The van der Waals surface area contributed by atoms with Gasteiger partial charge in [-0.3, -0.25) is 4.90 Å². The second kappa shape index (κ2) is 10.7. The largest absolute Gasteiger partial charge is 0.573 e. The number of halogens is 9. The summed E-state index contributed by atoms with van der Waals surface area (Å²) in [6.07, 6.45) is -9.66. The summed E-state index contributed by atoms with van der Waals surface area (Å²) in [5, 5.41) is 3.09. The van der Waals surface area contributed by atoms with Gasteiger partial charge >= 0.3 is 12.5 Å². The molecule has 3 rings (SSSR count). The maximum atomic E-state index is 13.6. The third-order valence-electron chi connectivity index (χ3n) is 4.56. The number of nitrogens with zero attached hydrogens (tertiary/aromatic N) is 1. The minimum atomic E-state index is -4.88. The van der Waals surface area contributed by atoms with Crippen molar-refractivity contribution in [3.63, 3.8) is 0 Å². The van der Waals surface area contributed by atoms with Crippen LogP contribution in [0.5, 0.6) is 5.75 Å². The third-order valence-corrected chi connectivity index (χ3v) is 4.56. The van der Waals surface area contributed by atoms with Crippen LogP contribution in [-0.4, -0.2) is 37.4 Å². The molecule has 0 unspecified atom stereocenters. The number of piperazine rings is 1. The normalized spacial score (nSPS) is 16.1. The molecule has 3 nitrogen and oxygen atoms in total. The van der Waals surface area contributed by atoms with Crippen molar-refractivity contribution >= 4 is 24.8 Å². The summed E-state index contributed by atoms with van der Waals surface area (Å²) in [6.45, 7) is 1.91. The Bertz CT molecular complexity index is 839. The number of hydrogen-bond acceptors (Lipinski definition) is 3. The van der Waals surface area contributed by atoms with E-state index in [1.165, 1.54) is 12.1 Å². The Labute approximate surface area is 186 Å². The monoisotopic (exact) mass is 494 g/mol. The predicted molar refractivity (Wildman–Crippen MR) is 105 cm³/mol. The lowest BCUT2D eigenvalue weighted by Crippen LogP contribution is -2.45. The molecule has 1 N–H and O–H groups in total. The molecule has 0 radical (unpaired) electrons. The van der Waals surface area contributed by atoms with Crippen LogP contribution in [0.1, 0.15) is 22.7 Å². The molecule has 1 aliphatic rings. The molecule has 1 aliphatic heterocycles. The van der Waals surface area contributed by atoms with Crippen molar-refractivity contribution < 1.29 is 35.5 Å². The van der Waals surface area contributed by atoms with E-state index in [9.17, 15) is 30.7 Å². The second-order valence-electron chi connectivity index (χ2n) is 6.53. The highest BCUT2D eigenvalue weighted by Gasteiger charge is 2.38. The standard InChI is InChI=1S/C19H17F7N2O.2ClH/c20-13-3-6-15(16(11-13)18(21,22)23)17(28-9-7-27-8-10-28)12-1-4-14(5-2-12)29-19(24,25)26;;/h1-6,11,17,27H,7-10H2;2*1H/t17-;;/m1../s1. The maximum Gasteiger partial charge on any atom is 0.573 e. The Morgan fingerprint density at radius 1 is 0.871 bits per heavy atom. The number of alkyl halides is 6. The van der Waals surface area contributed by atoms with E-state index < -0.39 is 35.7 Å². The number of hydrogen-bond donors (Lipinski definition) is 1. The Balaban J connectivity index is 0.00000240. The van der Waals surface area contributed by atoms with Crippen LogP contribution >= 0.6 is 24.8 Å². The summed E-state index contributed by atoms with van der Waals surface area (Å²) in [5.41, 5.74) is -0.930. The average molecular weight is 495 g/mol. The molecule has 0 bridgehead atoms. The molecule has 174 valence electrons. The highest BCUT2D eigenvalue weighted by atomic mass is 35.5. The Hall–Kier alpha value is -1.75. The van der Waals surface area contributed by atoms with Gasteiger partial charge in [0.05, 0.1) is 11.6 Å². The van der Waals surface area contributed by atoms with E-state index in [0.29, 0.717) is 37.8 Å². The number of rotatable bonds is 4. The van der Waals surface area contributed by atoms with Crippen molar-refractivity contribution in [3.8, 4) is 5.75 Å². The van der Waals surface area contributed by atoms with E-state index in [1.807, 2.05) is 0 Å². The second-order valence-corrected chi connectivity index (χ2v) is 6.53. The topological polar surface area (TPSA) is 24.5 Å². The zero-order valence-corrected chi connectivity index (χ0v) is 17.4. The van der Waals surface area contributed by atoms with Crippen LogP contribution in [0, 0.1) is 5.82 Å². The fraction of sp³-hybridized carbons (Fsp3) is 0.368. The van der Waals surface area contributed by atoms with E-state index >= 15 is 0 Å². The summed E-state index contributed by atoms with van der Waals surface area (Å²) in [7, 11) is 0. The molecule has 31 heavy (non-hydrogen) atoms.